The van der Waals surface area contributed by atoms with E-state index < -0.39 is 0 Å². The van der Waals surface area contributed by atoms with E-state index in [0.717, 1.165) is 49.0 Å². The van der Waals surface area contributed by atoms with Gasteiger partial charge in [-0.15, -0.1) is 0 Å². The van der Waals surface area contributed by atoms with Crippen molar-refractivity contribution in [3.05, 3.63) is 0 Å². The summed E-state index contributed by atoms with van der Waals surface area (Å²) < 4.78 is 1.26. The SMILES string of the molecule is CC(Cl)[CH2][K]. The Labute approximate surface area is 71.9 Å². The quantitative estimate of drug-likeness (QED) is 0.357. The van der Waals surface area contributed by atoms with Crippen LogP contribution in [0.1, 0.15) is 6.92 Å². The first kappa shape index (κ1) is 6.93. The molecule has 0 radical (unpaired) electrons. The second-order valence-corrected chi connectivity index (χ2v) is 3.21. The summed E-state index contributed by atoms with van der Waals surface area (Å²) >= 11 is 6.46. The zero-order valence-corrected chi connectivity index (χ0v) is 7.54. The van der Waals surface area contributed by atoms with Crippen molar-refractivity contribution in [1.29, 1.82) is 0 Å². The normalized spacial score (nSPS) is 15.2. The molecule has 0 aromatic carbocycles. The zero-order chi connectivity index (χ0) is 4.28. The fraction of sp³-hybridized carbons (Fsp3) is 1.00. The van der Waals surface area contributed by atoms with Gasteiger partial charge in [-0.05, 0) is 0 Å². The molecule has 0 aromatic heterocycles. The Morgan fingerprint density at radius 1 is 2.00 bits per heavy atom. The molecule has 0 saturated carbocycles. The fourth-order valence-corrected chi connectivity index (χ4v) is 0. The maximum atomic E-state index is 5.51. The van der Waals surface area contributed by atoms with Crippen molar-refractivity contribution in [3.8, 4) is 0 Å². The van der Waals surface area contributed by atoms with Crippen LogP contribution >= 0.6 is 11.6 Å². The molecule has 0 rings (SSSR count). The topological polar surface area (TPSA) is 0 Å². The number of hydrogen-bond acceptors (Lipinski definition) is 0. The standard InChI is InChI=1S/C3H6Cl.K/c1-3(2)4;/h3H,1H2,2H3;. The Hall–Kier alpha value is 1.93. The third-order valence-corrected chi connectivity index (χ3v) is 3.59. The monoisotopic (exact) mass is 116 g/mol. The van der Waals surface area contributed by atoms with Gasteiger partial charge in [-0.2, -0.15) is 0 Å². The zero-order valence-electron chi connectivity index (χ0n) is 3.66. The van der Waals surface area contributed by atoms with E-state index in [1.807, 2.05) is 6.92 Å². The Morgan fingerprint density at radius 3 is 2.20 bits per heavy atom. The van der Waals surface area contributed by atoms with Gasteiger partial charge in [0.05, 0.1) is 0 Å². The van der Waals surface area contributed by atoms with Crippen molar-refractivity contribution in [2.24, 2.45) is 0 Å². The summed E-state index contributed by atoms with van der Waals surface area (Å²) in [5.74, 6) is 0. The van der Waals surface area contributed by atoms with Crippen molar-refractivity contribution in [2.45, 2.75) is 12.8 Å². The molecule has 0 heterocycles. The van der Waals surface area contributed by atoms with E-state index in [9.17, 15) is 0 Å². The molecular weight excluding hydrogens is 111 g/mol. The van der Waals surface area contributed by atoms with Gasteiger partial charge in [0.25, 0.3) is 0 Å². The molecule has 0 fully saturated rings. The van der Waals surface area contributed by atoms with E-state index in [2.05, 4.69) is 0 Å². The van der Waals surface area contributed by atoms with Crippen LogP contribution in [0.5, 0.6) is 0 Å². The molecule has 1 unspecified atom stereocenters. The van der Waals surface area contributed by atoms with E-state index >= 15 is 0 Å². The second kappa shape index (κ2) is 4.10. The van der Waals surface area contributed by atoms with Crippen molar-refractivity contribution < 1.29 is 0 Å². The van der Waals surface area contributed by atoms with E-state index in [0.29, 0.717) is 5.38 Å². The summed E-state index contributed by atoms with van der Waals surface area (Å²) in [4.78, 5) is 0. The summed E-state index contributed by atoms with van der Waals surface area (Å²) in [5, 5.41) is 0.440. The number of alkyl halides is 1. The molecule has 0 aliphatic rings. The van der Waals surface area contributed by atoms with Crippen molar-refractivity contribution in [3.63, 3.8) is 0 Å². The Balaban J connectivity index is 2.54. The molecule has 0 aromatic rings. The van der Waals surface area contributed by atoms with Gasteiger partial charge in [0, 0.05) is 0 Å². The van der Waals surface area contributed by atoms with Gasteiger partial charge in [-0.25, -0.2) is 0 Å². The predicted molar refractivity (Wildman–Crippen MR) is 25.9 cm³/mol. The van der Waals surface area contributed by atoms with Crippen molar-refractivity contribution in [2.75, 3.05) is 0 Å². The van der Waals surface area contributed by atoms with Crippen LogP contribution in [0.4, 0.5) is 0 Å². The first-order chi connectivity index (χ1) is 2.27. The molecule has 2 heteroatoms. The first-order valence-electron chi connectivity index (χ1n) is 1.91. The Bertz CT molecular complexity index is 20.9. The molecule has 1 atom stereocenters. The van der Waals surface area contributed by atoms with E-state index in [1.165, 1.54) is 0.515 Å². The number of halogens is 1. The van der Waals surface area contributed by atoms with Crippen LogP contribution in [0.15, 0.2) is 0 Å². The summed E-state index contributed by atoms with van der Waals surface area (Å²) in [6.45, 7) is 2.03. The van der Waals surface area contributed by atoms with Crippen LogP contribution in [-0.4, -0.2) is 54.3 Å². The average molecular weight is 117 g/mol. The molecule has 0 nitrogen and oxygen atoms in total. The molecule has 0 aliphatic heterocycles. The van der Waals surface area contributed by atoms with E-state index in [1.54, 1.807) is 0 Å². The second-order valence-electron chi connectivity index (χ2n) is 1.19. The molecule has 0 aliphatic carbocycles. The van der Waals surface area contributed by atoms with E-state index in [4.69, 9.17) is 11.6 Å². The van der Waals surface area contributed by atoms with Gasteiger partial charge < -0.3 is 0 Å². The number of rotatable bonds is 1. The molecule has 0 spiro atoms. The van der Waals surface area contributed by atoms with Gasteiger partial charge in [0.1, 0.15) is 0 Å². The first-order valence-corrected chi connectivity index (χ1v) is 4.56. The Kier molecular flexibility index (Phi) is 5.67. The average Bonchev–Trinajstić information content (AvgIpc) is 1.38. The fourth-order valence-electron chi connectivity index (χ4n) is 0. The van der Waals surface area contributed by atoms with Crippen LogP contribution in [0.2, 0.25) is 0.515 Å². The van der Waals surface area contributed by atoms with E-state index in [-0.39, 0.29) is 0 Å². The molecule has 0 N–H and O–H groups in total. The molecule has 0 saturated heterocycles. The summed E-state index contributed by atoms with van der Waals surface area (Å²) in [6, 6.07) is 0. The summed E-state index contributed by atoms with van der Waals surface area (Å²) in [7, 11) is 0. The van der Waals surface area contributed by atoms with Crippen molar-refractivity contribution in [1.82, 2.24) is 0 Å². The van der Waals surface area contributed by atoms with Crippen LogP contribution < -0.4 is 0 Å². The van der Waals surface area contributed by atoms with Crippen molar-refractivity contribution >= 4 is 60.6 Å². The predicted octanol–water partition coefficient (Wildman–Crippen LogP) is 1.20. The van der Waals surface area contributed by atoms with Crippen LogP contribution in [-0.2, 0) is 0 Å². The van der Waals surface area contributed by atoms with Gasteiger partial charge in [-0.1, -0.05) is 0 Å². The third kappa shape index (κ3) is 5.93. The molecule has 26 valence electrons. The van der Waals surface area contributed by atoms with Crippen LogP contribution in [0, 0.1) is 0 Å². The number of hydrogen-bond donors (Lipinski definition) is 0. The summed E-state index contributed by atoms with van der Waals surface area (Å²) in [5.41, 5.74) is 0. The minimum atomic E-state index is 0.440. The molecular formula is C3H6ClK. The van der Waals surface area contributed by atoms with Gasteiger partial charge in [0.2, 0.25) is 0 Å². The summed E-state index contributed by atoms with van der Waals surface area (Å²) in [6.07, 6.45) is 0. The Morgan fingerprint density at radius 2 is 2.20 bits per heavy atom. The third-order valence-electron chi connectivity index (χ3n) is 0.563. The molecule has 0 bridgehead atoms. The van der Waals surface area contributed by atoms with Gasteiger partial charge >= 0.3 is 73.4 Å². The minimum absolute atomic E-state index is 0.440. The van der Waals surface area contributed by atoms with Crippen LogP contribution in [0.3, 0.4) is 0 Å². The van der Waals surface area contributed by atoms with Gasteiger partial charge in [0.15, 0.2) is 0 Å². The van der Waals surface area contributed by atoms with Crippen LogP contribution in [0.25, 0.3) is 0 Å². The molecule has 0 amide bonds. The molecule has 5 heavy (non-hydrogen) atoms. The maximum absolute atomic E-state index is 5.51. The van der Waals surface area contributed by atoms with Gasteiger partial charge in [-0.3, -0.25) is 0 Å².